The zero-order chi connectivity index (χ0) is 12.7. The van der Waals surface area contributed by atoms with Crippen molar-refractivity contribution in [2.45, 2.75) is 19.8 Å². The lowest BCUT2D eigenvalue weighted by Crippen LogP contribution is -2.32. The molecule has 4 nitrogen and oxygen atoms in total. The molecule has 17 heavy (non-hydrogen) atoms. The van der Waals surface area contributed by atoms with Gasteiger partial charge in [-0.15, -0.1) is 0 Å². The molecule has 0 saturated carbocycles. The average Bonchev–Trinajstić information content (AvgIpc) is 2.34. The van der Waals surface area contributed by atoms with E-state index in [9.17, 15) is 9.59 Å². The lowest BCUT2D eigenvalue weighted by atomic mass is 10.0. The molecular formula is C12H17BrN2O2. The topological polar surface area (TPSA) is 62.0 Å². The number of halogens is 1. The SMILES string of the molecule is CCC(CCBr)CNC(=O)c1c[nH]ccc1=O. The predicted octanol–water partition coefficient (Wildman–Crippen LogP) is 1.92. The summed E-state index contributed by atoms with van der Waals surface area (Å²) in [6.45, 7) is 2.70. The first-order valence-electron chi connectivity index (χ1n) is 5.70. The van der Waals surface area contributed by atoms with Gasteiger partial charge in [0.1, 0.15) is 5.56 Å². The Morgan fingerprint density at radius 2 is 2.35 bits per heavy atom. The van der Waals surface area contributed by atoms with Crippen molar-refractivity contribution in [1.29, 1.82) is 0 Å². The lowest BCUT2D eigenvalue weighted by molar-refractivity contribution is 0.0945. The van der Waals surface area contributed by atoms with E-state index in [-0.39, 0.29) is 16.9 Å². The van der Waals surface area contributed by atoms with Crippen molar-refractivity contribution in [2.24, 2.45) is 5.92 Å². The van der Waals surface area contributed by atoms with E-state index < -0.39 is 0 Å². The molecule has 1 aromatic heterocycles. The first-order valence-corrected chi connectivity index (χ1v) is 6.82. The molecule has 0 bridgehead atoms. The van der Waals surface area contributed by atoms with Crippen LogP contribution < -0.4 is 10.7 Å². The van der Waals surface area contributed by atoms with Crippen molar-refractivity contribution in [3.8, 4) is 0 Å². The molecule has 0 radical (unpaired) electrons. The van der Waals surface area contributed by atoms with E-state index in [0.717, 1.165) is 18.2 Å². The van der Waals surface area contributed by atoms with Crippen molar-refractivity contribution in [2.75, 3.05) is 11.9 Å². The molecule has 0 aliphatic heterocycles. The van der Waals surface area contributed by atoms with Crippen molar-refractivity contribution in [1.82, 2.24) is 10.3 Å². The Bertz CT molecular complexity index is 417. The van der Waals surface area contributed by atoms with Crippen LogP contribution in [0.5, 0.6) is 0 Å². The smallest absolute Gasteiger partial charge is 0.256 e. The Morgan fingerprint density at radius 3 is 2.94 bits per heavy atom. The van der Waals surface area contributed by atoms with E-state index in [0.29, 0.717) is 12.5 Å². The number of carbonyl (C=O) groups is 1. The predicted molar refractivity (Wildman–Crippen MR) is 71.6 cm³/mol. The summed E-state index contributed by atoms with van der Waals surface area (Å²) < 4.78 is 0. The van der Waals surface area contributed by atoms with Gasteiger partial charge in [-0.1, -0.05) is 29.3 Å². The summed E-state index contributed by atoms with van der Waals surface area (Å²) in [7, 11) is 0. The van der Waals surface area contributed by atoms with E-state index in [1.165, 1.54) is 18.5 Å². The van der Waals surface area contributed by atoms with Crippen LogP contribution >= 0.6 is 15.9 Å². The van der Waals surface area contributed by atoms with Crippen LogP contribution in [0.3, 0.4) is 0 Å². The second-order valence-electron chi connectivity index (χ2n) is 3.88. The number of aromatic amines is 1. The summed E-state index contributed by atoms with van der Waals surface area (Å²) in [5.74, 6) is 0.140. The normalized spacial score (nSPS) is 12.1. The highest BCUT2D eigenvalue weighted by Crippen LogP contribution is 2.08. The summed E-state index contributed by atoms with van der Waals surface area (Å²) in [4.78, 5) is 25.9. The minimum atomic E-state index is -0.306. The van der Waals surface area contributed by atoms with Crippen LogP contribution in [0.1, 0.15) is 30.1 Å². The molecule has 1 aromatic rings. The first-order chi connectivity index (χ1) is 8.19. The summed E-state index contributed by atoms with van der Waals surface area (Å²) >= 11 is 3.39. The number of aromatic nitrogens is 1. The minimum Gasteiger partial charge on any atom is -0.367 e. The standard InChI is InChI=1S/C12H17BrN2O2/c1-2-9(3-5-13)7-15-12(17)10-8-14-6-4-11(10)16/h4,6,8-9H,2-3,5,7H2,1H3,(H,14,16)(H,15,17). The molecular weight excluding hydrogens is 284 g/mol. The molecule has 1 unspecified atom stereocenters. The van der Waals surface area contributed by atoms with Crippen LogP contribution in [-0.4, -0.2) is 22.8 Å². The average molecular weight is 301 g/mol. The van der Waals surface area contributed by atoms with Crippen LogP contribution in [-0.2, 0) is 0 Å². The monoisotopic (exact) mass is 300 g/mol. The minimum absolute atomic E-state index is 0.168. The van der Waals surface area contributed by atoms with Gasteiger partial charge in [-0.2, -0.15) is 0 Å². The lowest BCUT2D eigenvalue weighted by Gasteiger charge is -2.13. The number of rotatable bonds is 6. The van der Waals surface area contributed by atoms with Crippen LogP contribution in [0.15, 0.2) is 23.3 Å². The van der Waals surface area contributed by atoms with Gasteiger partial charge in [0.25, 0.3) is 5.91 Å². The molecule has 94 valence electrons. The van der Waals surface area contributed by atoms with Gasteiger partial charge < -0.3 is 10.3 Å². The highest BCUT2D eigenvalue weighted by molar-refractivity contribution is 9.09. The van der Waals surface area contributed by atoms with Gasteiger partial charge in [0.15, 0.2) is 5.43 Å². The Labute approximate surface area is 109 Å². The summed E-state index contributed by atoms with van der Waals surface area (Å²) in [6.07, 6.45) is 4.97. The van der Waals surface area contributed by atoms with E-state index in [4.69, 9.17) is 0 Å². The zero-order valence-corrected chi connectivity index (χ0v) is 11.4. The van der Waals surface area contributed by atoms with E-state index in [1.807, 2.05) is 0 Å². The number of amides is 1. The Balaban J connectivity index is 2.55. The van der Waals surface area contributed by atoms with Crippen LogP contribution in [0.2, 0.25) is 0 Å². The van der Waals surface area contributed by atoms with Crippen LogP contribution in [0, 0.1) is 5.92 Å². The van der Waals surface area contributed by atoms with Gasteiger partial charge in [-0.3, -0.25) is 9.59 Å². The number of hydrogen-bond donors (Lipinski definition) is 2. The highest BCUT2D eigenvalue weighted by Gasteiger charge is 2.11. The second-order valence-corrected chi connectivity index (χ2v) is 4.68. The molecule has 2 N–H and O–H groups in total. The molecule has 0 saturated heterocycles. The fourth-order valence-electron chi connectivity index (χ4n) is 1.53. The van der Waals surface area contributed by atoms with Gasteiger partial charge >= 0.3 is 0 Å². The molecule has 0 aromatic carbocycles. The maximum Gasteiger partial charge on any atom is 0.256 e. The molecule has 0 aliphatic carbocycles. The van der Waals surface area contributed by atoms with Gasteiger partial charge in [-0.05, 0) is 12.3 Å². The van der Waals surface area contributed by atoms with Gasteiger partial charge in [0.2, 0.25) is 0 Å². The Hall–Kier alpha value is -1.10. The Kier molecular flexibility index (Phi) is 5.97. The second kappa shape index (κ2) is 7.27. The van der Waals surface area contributed by atoms with Gasteiger partial charge in [0.05, 0.1) is 0 Å². The quantitative estimate of drug-likeness (QED) is 0.789. The summed E-state index contributed by atoms with van der Waals surface area (Å²) in [6, 6.07) is 1.35. The third kappa shape index (κ3) is 4.34. The van der Waals surface area contributed by atoms with E-state index in [1.54, 1.807) is 0 Å². The van der Waals surface area contributed by atoms with Crippen molar-refractivity contribution >= 4 is 21.8 Å². The first kappa shape index (κ1) is 14.0. The molecule has 0 aliphatic rings. The maximum atomic E-state index is 11.7. The van der Waals surface area contributed by atoms with E-state index >= 15 is 0 Å². The molecule has 0 fully saturated rings. The van der Waals surface area contributed by atoms with Crippen molar-refractivity contribution in [3.05, 3.63) is 34.2 Å². The number of pyridine rings is 1. The molecule has 5 heteroatoms. The number of alkyl halides is 1. The van der Waals surface area contributed by atoms with Gasteiger partial charge in [-0.25, -0.2) is 0 Å². The highest BCUT2D eigenvalue weighted by atomic mass is 79.9. The third-order valence-corrected chi connectivity index (χ3v) is 3.17. The van der Waals surface area contributed by atoms with E-state index in [2.05, 4.69) is 33.2 Å². The number of carbonyl (C=O) groups excluding carboxylic acids is 1. The van der Waals surface area contributed by atoms with Crippen molar-refractivity contribution in [3.63, 3.8) is 0 Å². The zero-order valence-electron chi connectivity index (χ0n) is 9.83. The number of H-pyrrole nitrogens is 1. The maximum absolute atomic E-state index is 11.7. The Morgan fingerprint density at radius 1 is 1.59 bits per heavy atom. The third-order valence-electron chi connectivity index (χ3n) is 2.71. The number of nitrogens with one attached hydrogen (secondary N) is 2. The van der Waals surface area contributed by atoms with Crippen molar-refractivity contribution < 1.29 is 4.79 Å². The fraction of sp³-hybridized carbons (Fsp3) is 0.500. The molecule has 1 heterocycles. The van der Waals surface area contributed by atoms with Crippen LogP contribution in [0.4, 0.5) is 0 Å². The number of hydrogen-bond acceptors (Lipinski definition) is 2. The molecule has 0 spiro atoms. The summed E-state index contributed by atoms with van der Waals surface area (Å²) in [5, 5.41) is 3.72. The van der Waals surface area contributed by atoms with Crippen LogP contribution in [0.25, 0.3) is 0 Å². The molecule has 1 amide bonds. The fourth-order valence-corrected chi connectivity index (χ4v) is 2.18. The molecule has 1 rings (SSSR count). The molecule has 1 atom stereocenters. The summed E-state index contributed by atoms with van der Waals surface area (Å²) in [5.41, 5.74) is -0.0871. The largest absolute Gasteiger partial charge is 0.367 e. The van der Waals surface area contributed by atoms with Gasteiger partial charge in [0, 0.05) is 30.3 Å².